The number of benzene rings is 2. The van der Waals surface area contributed by atoms with Gasteiger partial charge in [0.05, 0.1) is 19.8 Å². The topological polar surface area (TPSA) is 77.1 Å². The summed E-state index contributed by atoms with van der Waals surface area (Å²) in [6, 6.07) is 14.4. The maximum Gasteiger partial charge on any atom is 0.278 e. The van der Waals surface area contributed by atoms with E-state index < -0.39 is 0 Å². The van der Waals surface area contributed by atoms with Crippen molar-refractivity contribution < 1.29 is 23.8 Å². The summed E-state index contributed by atoms with van der Waals surface area (Å²) in [7, 11) is 3.14. The first-order valence-electron chi connectivity index (χ1n) is 10.8. The lowest BCUT2D eigenvalue weighted by Crippen LogP contribution is -2.34. The Balaban J connectivity index is 1.87. The van der Waals surface area contributed by atoms with Crippen LogP contribution in [0, 0.1) is 0 Å². The second-order valence-corrected chi connectivity index (χ2v) is 7.39. The Labute approximate surface area is 189 Å². The lowest BCUT2D eigenvalue weighted by molar-refractivity contribution is -0.137. The number of carbonyl (C=O) groups is 2. The summed E-state index contributed by atoms with van der Waals surface area (Å²) >= 11 is 0. The molecule has 0 unspecified atom stereocenters. The van der Waals surface area contributed by atoms with Crippen molar-refractivity contribution in [1.29, 1.82) is 0 Å². The molecule has 0 bridgehead atoms. The molecular formula is C25H30N2O5. The highest BCUT2D eigenvalue weighted by molar-refractivity contribution is 6.37. The van der Waals surface area contributed by atoms with Gasteiger partial charge in [-0.3, -0.25) is 14.5 Å². The van der Waals surface area contributed by atoms with E-state index in [-0.39, 0.29) is 24.1 Å². The highest BCUT2D eigenvalue weighted by Gasteiger charge is 2.39. The van der Waals surface area contributed by atoms with Crippen molar-refractivity contribution in [3.63, 3.8) is 0 Å². The van der Waals surface area contributed by atoms with Crippen LogP contribution in [0.5, 0.6) is 11.5 Å². The maximum absolute atomic E-state index is 13.3. The van der Waals surface area contributed by atoms with Crippen molar-refractivity contribution in [2.24, 2.45) is 0 Å². The van der Waals surface area contributed by atoms with Crippen LogP contribution in [-0.2, 0) is 14.3 Å². The van der Waals surface area contributed by atoms with Crippen molar-refractivity contribution >= 4 is 23.1 Å². The zero-order chi connectivity index (χ0) is 22.9. The Morgan fingerprint density at radius 3 is 2.28 bits per heavy atom. The monoisotopic (exact) mass is 438 g/mol. The summed E-state index contributed by atoms with van der Waals surface area (Å²) in [4.78, 5) is 27.9. The van der Waals surface area contributed by atoms with Gasteiger partial charge in [0.25, 0.3) is 11.8 Å². The van der Waals surface area contributed by atoms with Crippen molar-refractivity contribution in [2.75, 3.05) is 39.3 Å². The summed E-state index contributed by atoms with van der Waals surface area (Å²) in [5, 5.41) is 3.15. The Kier molecular flexibility index (Phi) is 8.27. The first kappa shape index (κ1) is 23.3. The van der Waals surface area contributed by atoms with Crippen molar-refractivity contribution in [3.05, 3.63) is 59.8 Å². The molecule has 0 saturated carbocycles. The predicted octanol–water partition coefficient (Wildman–Crippen LogP) is 4.10. The number of anilines is 1. The number of ether oxygens (including phenoxy) is 3. The molecule has 1 N–H and O–H groups in total. The number of nitrogens with zero attached hydrogens (tertiary/aromatic N) is 1. The summed E-state index contributed by atoms with van der Waals surface area (Å²) in [6.07, 6.45) is 2.64. The van der Waals surface area contributed by atoms with Crippen LogP contribution in [-0.4, -0.2) is 50.7 Å². The summed E-state index contributed by atoms with van der Waals surface area (Å²) in [5.74, 6) is 0.528. The fourth-order valence-corrected chi connectivity index (χ4v) is 3.49. The van der Waals surface area contributed by atoms with Gasteiger partial charge in [-0.2, -0.15) is 0 Å². The summed E-state index contributed by atoms with van der Waals surface area (Å²) < 4.78 is 16.2. The molecule has 2 aromatic rings. The number of hydrogen-bond donors (Lipinski definition) is 1. The number of methoxy groups -OCH3 is 2. The predicted molar refractivity (Wildman–Crippen MR) is 124 cm³/mol. The molecule has 2 amide bonds. The minimum Gasteiger partial charge on any atom is -0.497 e. The van der Waals surface area contributed by atoms with Gasteiger partial charge in [-0.05, 0) is 43.2 Å². The van der Waals surface area contributed by atoms with E-state index in [1.165, 1.54) is 4.90 Å². The second kappa shape index (κ2) is 11.3. The Morgan fingerprint density at radius 1 is 0.875 bits per heavy atom. The molecule has 7 nitrogen and oxygen atoms in total. The van der Waals surface area contributed by atoms with Crippen LogP contribution < -0.4 is 14.8 Å². The molecule has 1 heterocycles. The number of amides is 2. The van der Waals surface area contributed by atoms with Gasteiger partial charge in [-0.1, -0.05) is 31.5 Å². The molecule has 3 rings (SSSR count). The smallest absolute Gasteiger partial charge is 0.278 e. The van der Waals surface area contributed by atoms with E-state index in [9.17, 15) is 9.59 Å². The number of hydrogen-bond acceptors (Lipinski definition) is 6. The van der Waals surface area contributed by atoms with Gasteiger partial charge >= 0.3 is 0 Å². The molecule has 7 heteroatoms. The molecule has 32 heavy (non-hydrogen) atoms. The number of unbranched alkanes of at least 4 members (excludes halogenated alkanes) is 1. The van der Waals surface area contributed by atoms with Crippen LogP contribution in [0.25, 0.3) is 5.57 Å². The van der Waals surface area contributed by atoms with E-state index >= 15 is 0 Å². The fourth-order valence-electron chi connectivity index (χ4n) is 3.49. The first-order chi connectivity index (χ1) is 15.6. The van der Waals surface area contributed by atoms with Crippen LogP contribution in [0.2, 0.25) is 0 Å². The van der Waals surface area contributed by atoms with E-state index in [1.54, 1.807) is 50.6 Å². The molecule has 1 aliphatic rings. The van der Waals surface area contributed by atoms with Gasteiger partial charge in [-0.25, -0.2) is 0 Å². The summed E-state index contributed by atoms with van der Waals surface area (Å²) in [5.41, 5.74) is 1.79. The Morgan fingerprint density at radius 2 is 1.59 bits per heavy atom. The maximum atomic E-state index is 13.3. The molecule has 0 fully saturated rings. The number of para-hydroxylation sites is 1. The standard InChI is InChI=1S/C25H30N2O5/c1-4-5-16-32-17-8-15-27-24(28)22(20-9-6-7-10-21(20)31-3)23(25(27)29)26-18-11-13-19(30-2)14-12-18/h6-7,9-14,26H,4-5,8,15-17H2,1-3H3. The summed E-state index contributed by atoms with van der Waals surface area (Å²) in [6.45, 7) is 3.58. The largest absolute Gasteiger partial charge is 0.497 e. The quantitative estimate of drug-likeness (QED) is 0.397. The lowest BCUT2D eigenvalue weighted by atomic mass is 10.0. The molecule has 2 aromatic carbocycles. The van der Waals surface area contributed by atoms with Crippen LogP contribution in [0.4, 0.5) is 5.69 Å². The molecule has 0 aromatic heterocycles. The average Bonchev–Trinajstić information content (AvgIpc) is 3.05. The number of imide groups is 1. The fraction of sp³-hybridized carbons (Fsp3) is 0.360. The number of carbonyl (C=O) groups excluding carboxylic acids is 2. The molecule has 0 radical (unpaired) electrons. The Bertz CT molecular complexity index is 969. The van der Waals surface area contributed by atoms with E-state index in [0.29, 0.717) is 48.0 Å². The van der Waals surface area contributed by atoms with Crippen LogP contribution in [0.15, 0.2) is 54.2 Å². The highest BCUT2D eigenvalue weighted by atomic mass is 16.5. The van der Waals surface area contributed by atoms with Gasteiger partial charge in [0.1, 0.15) is 17.2 Å². The number of nitrogens with one attached hydrogen (secondary N) is 1. The van der Waals surface area contributed by atoms with Crippen molar-refractivity contribution in [2.45, 2.75) is 26.2 Å². The first-order valence-corrected chi connectivity index (χ1v) is 10.8. The third-order valence-corrected chi connectivity index (χ3v) is 5.22. The molecule has 170 valence electrons. The zero-order valence-corrected chi connectivity index (χ0v) is 18.8. The zero-order valence-electron chi connectivity index (χ0n) is 18.8. The highest BCUT2D eigenvalue weighted by Crippen LogP contribution is 2.35. The van der Waals surface area contributed by atoms with Gasteiger partial charge < -0.3 is 19.5 Å². The van der Waals surface area contributed by atoms with Gasteiger partial charge in [0.2, 0.25) is 0 Å². The minimum atomic E-state index is -0.361. The van der Waals surface area contributed by atoms with Crippen molar-refractivity contribution in [1.82, 2.24) is 4.90 Å². The van der Waals surface area contributed by atoms with Gasteiger partial charge in [0.15, 0.2) is 0 Å². The molecule has 1 aliphatic heterocycles. The minimum absolute atomic E-state index is 0.233. The molecule has 0 atom stereocenters. The third-order valence-electron chi connectivity index (χ3n) is 5.22. The van der Waals surface area contributed by atoms with Crippen LogP contribution in [0.3, 0.4) is 0 Å². The molecule has 0 aliphatic carbocycles. The van der Waals surface area contributed by atoms with Crippen molar-refractivity contribution in [3.8, 4) is 11.5 Å². The van der Waals surface area contributed by atoms with Gasteiger partial charge in [-0.15, -0.1) is 0 Å². The third kappa shape index (κ3) is 5.29. The second-order valence-electron chi connectivity index (χ2n) is 7.39. The Hall–Kier alpha value is -3.32. The molecule has 0 saturated heterocycles. The normalized spacial score (nSPS) is 13.7. The number of rotatable bonds is 12. The molecular weight excluding hydrogens is 408 g/mol. The molecule has 0 spiro atoms. The van der Waals surface area contributed by atoms with E-state index in [2.05, 4.69) is 12.2 Å². The van der Waals surface area contributed by atoms with E-state index in [1.807, 2.05) is 12.1 Å². The van der Waals surface area contributed by atoms with Gasteiger partial charge in [0, 0.05) is 31.0 Å². The lowest BCUT2D eigenvalue weighted by Gasteiger charge is -2.15. The van der Waals surface area contributed by atoms with Crippen LogP contribution in [0.1, 0.15) is 31.7 Å². The van der Waals surface area contributed by atoms with E-state index in [0.717, 1.165) is 12.8 Å². The van der Waals surface area contributed by atoms with E-state index in [4.69, 9.17) is 14.2 Å². The SMILES string of the molecule is CCCCOCCCN1C(=O)C(Nc2ccc(OC)cc2)=C(c2ccccc2OC)C1=O. The van der Waals surface area contributed by atoms with Crippen LogP contribution >= 0.6 is 0 Å². The average molecular weight is 439 g/mol.